The average Bonchev–Trinajstić information content (AvgIpc) is 3.14. The molecule has 2 aromatic rings. The third-order valence-corrected chi connectivity index (χ3v) is 4.61. The second-order valence-corrected chi connectivity index (χ2v) is 6.45. The summed E-state index contributed by atoms with van der Waals surface area (Å²) in [6, 6.07) is 7.88. The molecule has 140 valence electrons. The number of benzene rings is 1. The Kier molecular flexibility index (Phi) is 6.22. The van der Waals surface area contributed by atoms with Gasteiger partial charge in [-0.2, -0.15) is 4.98 Å². The van der Waals surface area contributed by atoms with Gasteiger partial charge in [-0.15, -0.1) is 0 Å². The van der Waals surface area contributed by atoms with E-state index in [-0.39, 0.29) is 5.91 Å². The maximum Gasteiger partial charge on any atom is 0.254 e. The van der Waals surface area contributed by atoms with Gasteiger partial charge in [0, 0.05) is 38.0 Å². The van der Waals surface area contributed by atoms with Gasteiger partial charge in [0.25, 0.3) is 5.91 Å². The van der Waals surface area contributed by atoms with Gasteiger partial charge in [0.15, 0.2) is 5.82 Å². The van der Waals surface area contributed by atoms with Gasteiger partial charge in [0.1, 0.15) is 13.2 Å². The Morgan fingerprint density at radius 2 is 1.96 bits per heavy atom. The maximum absolute atomic E-state index is 12.8. The van der Waals surface area contributed by atoms with E-state index in [0.717, 1.165) is 13.1 Å². The van der Waals surface area contributed by atoms with Gasteiger partial charge in [-0.05, 0) is 50.5 Å². The summed E-state index contributed by atoms with van der Waals surface area (Å²) in [5.41, 5.74) is 1.86. The standard InChI is InChI=1S/C19H26N4O3/c1-3-22(13-18-20-17(14-25-2)21-26-18)19(24)15-7-9-16(10-8-15)23-11-5-4-6-12-23/h7-10H,3-6,11-14H2,1-2H3. The van der Waals surface area contributed by atoms with Gasteiger partial charge in [0.05, 0.1) is 0 Å². The smallest absolute Gasteiger partial charge is 0.254 e. The quantitative estimate of drug-likeness (QED) is 0.758. The number of hydrogen-bond donors (Lipinski definition) is 0. The molecular weight excluding hydrogens is 332 g/mol. The lowest BCUT2D eigenvalue weighted by atomic mass is 10.1. The van der Waals surface area contributed by atoms with Crippen molar-refractivity contribution in [2.24, 2.45) is 0 Å². The van der Waals surface area contributed by atoms with Crippen molar-refractivity contribution in [2.75, 3.05) is 31.6 Å². The Morgan fingerprint density at radius 1 is 1.23 bits per heavy atom. The fraction of sp³-hybridized carbons (Fsp3) is 0.526. The molecule has 0 spiro atoms. The molecule has 0 aliphatic carbocycles. The molecule has 26 heavy (non-hydrogen) atoms. The van der Waals surface area contributed by atoms with Crippen LogP contribution in [-0.2, 0) is 17.9 Å². The normalized spacial score (nSPS) is 14.5. The van der Waals surface area contributed by atoms with Gasteiger partial charge in [-0.3, -0.25) is 4.79 Å². The maximum atomic E-state index is 12.8. The summed E-state index contributed by atoms with van der Waals surface area (Å²) < 4.78 is 10.2. The highest BCUT2D eigenvalue weighted by Crippen LogP contribution is 2.21. The van der Waals surface area contributed by atoms with Crippen LogP contribution in [0.1, 0.15) is 48.3 Å². The van der Waals surface area contributed by atoms with Crippen molar-refractivity contribution in [1.29, 1.82) is 0 Å². The number of carbonyl (C=O) groups excluding carboxylic acids is 1. The van der Waals surface area contributed by atoms with Crippen LogP contribution < -0.4 is 4.90 Å². The number of amides is 1. The summed E-state index contributed by atoms with van der Waals surface area (Å²) in [4.78, 5) is 21.1. The Morgan fingerprint density at radius 3 is 2.62 bits per heavy atom. The summed E-state index contributed by atoms with van der Waals surface area (Å²) in [6.07, 6.45) is 3.78. The van der Waals surface area contributed by atoms with Crippen molar-refractivity contribution in [3.8, 4) is 0 Å². The van der Waals surface area contributed by atoms with Crippen LogP contribution >= 0.6 is 0 Å². The molecule has 1 fully saturated rings. The van der Waals surface area contributed by atoms with E-state index in [0.29, 0.717) is 37.0 Å². The molecule has 1 aromatic carbocycles. The first kappa shape index (κ1) is 18.4. The summed E-state index contributed by atoms with van der Waals surface area (Å²) in [7, 11) is 1.57. The van der Waals surface area contributed by atoms with Crippen molar-refractivity contribution in [2.45, 2.75) is 39.3 Å². The van der Waals surface area contributed by atoms with Gasteiger partial charge < -0.3 is 19.1 Å². The zero-order valence-corrected chi connectivity index (χ0v) is 15.5. The highest BCUT2D eigenvalue weighted by Gasteiger charge is 2.18. The van der Waals surface area contributed by atoms with Crippen LogP contribution in [0.4, 0.5) is 5.69 Å². The highest BCUT2D eigenvalue weighted by atomic mass is 16.5. The van der Waals surface area contributed by atoms with E-state index in [1.165, 1.54) is 24.9 Å². The van der Waals surface area contributed by atoms with Crippen molar-refractivity contribution in [1.82, 2.24) is 15.0 Å². The third kappa shape index (κ3) is 4.40. The Bertz CT molecular complexity index is 708. The number of nitrogens with zero attached hydrogens (tertiary/aromatic N) is 4. The largest absolute Gasteiger partial charge is 0.377 e. The predicted octanol–water partition coefficient (Wildman–Crippen LogP) is 2.87. The lowest BCUT2D eigenvalue weighted by Gasteiger charge is -2.29. The molecule has 0 bridgehead atoms. The molecule has 1 aliphatic rings. The first-order valence-electron chi connectivity index (χ1n) is 9.16. The molecule has 3 rings (SSSR count). The molecule has 2 heterocycles. The van der Waals surface area contributed by atoms with Gasteiger partial charge in [-0.1, -0.05) is 5.16 Å². The zero-order chi connectivity index (χ0) is 18.4. The Balaban J connectivity index is 1.65. The van der Waals surface area contributed by atoms with Crippen LogP contribution in [0.3, 0.4) is 0 Å². The lowest BCUT2D eigenvalue weighted by Crippen LogP contribution is -2.31. The number of ether oxygens (including phenoxy) is 1. The molecule has 0 atom stereocenters. The molecule has 1 amide bonds. The predicted molar refractivity (Wildman–Crippen MR) is 97.9 cm³/mol. The van der Waals surface area contributed by atoms with E-state index in [4.69, 9.17) is 9.26 Å². The highest BCUT2D eigenvalue weighted by molar-refractivity contribution is 5.94. The number of anilines is 1. The van der Waals surface area contributed by atoms with E-state index < -0.39 is 0 Å². The molecular formula is C19H26N4O3. The van der Waals surface area contributed by atoms with Crippen molar-refractivity contribution in [3.05, 3.63) is 41.5 Å². The molecule has 1 aromatic heterocycles. The number of piperidine rings is 1. The Labute approximate surface area is 153 Å². The number of rotatable bonds is 7. The minimum absolute atomic E-state index is 0.0378. The van der Waals surface area contributed by atoms with E-state index in [1.54, 1.807) is 12.0 Å². The topological polar surface area (TPSA) is 71.7 Å². The van der Waals surface area contributed by atoms with Crippen molar-refractivity contribution in [3.63, 3.8) is 0 Å². The number of methoxy groups -OCH3 is 1. The molecule has 1 saturated heterocycles. The van der Waals surface area contributed by atoms with Crippen molar-refractivity contribution >= 4 is 11.6 Å². The summed E-state index contributed by atoms with van der Waals surface area (Å²) in [5, 5.41) is 3.83. The molecule has 0 unspecified atom stereocenters. The van der Waals surface area contributed by atoms with Gasteiger partial charge in [-0.25, -0.2) is 0 Å². The van der Waals surface area contributed by atoms with Crippen LogP contribution in [0.25, 0.3) is 0 Å². The van der Waals surface area contributed by atoms with Crippen molar-refractivity contribution < 1.29 is 14.1 Å². The van der Waals surface area contributed by atoms with Crippen LogP contribution in [-0.4, -0.2) is 47.7 Å². The van der Waals surface area contributed by atoms with E-state index in [1.807, 2.05) is 31.2 Å². The molecule has 1 aliphatic heterocycles. The first-order valence-corrected chi connectivity index (χ1v) is 9.16. The fourth-order valence-electron chi connectivity index (χ4n) is 3.18. The zero-order valence-electron chi connectivity index (χ0n) is 15.5. The second kappa shape index (κ2) is 8.80. The summed E-state index contributed by atoms with van der Waals surface area (Å²) in [5.74, 6) is 0.859. The minimum Gasteiger partial charge on any atom is -0.377 e. The van der Waals surface area contributed by atoms with E-state index in [2.05, 4.69) is 15.0 Å². The Hall–Kier alpha value is -2.41. The average molecular weight is 358 g/mol. The van der Waals surface area contributed by atoms with Crippen LogP contribution in [0, 0.1) is 0 Å². The number of aromatic nitrogens is 2. The molecule has 0 N–H and O–H groups in total. The summed E-state index contributed by atoms with van der Waals surface area (Å²) >= 11 is 0. The van der Waals surface area contributed by atoms with E-state index >= 15 is 0 Å². The van der Waals surface area contributed by atoms with Gasteiger partial charge in [0.2, 0.25) is 5.89 Å². The summed E-state index contributed by atoms with van der Waals surface area (Å²) in [6.45, 7) is 5.27. The van der Waals surface area contributed by atoms with Crippen LogP contribution in [0.5, 0.6) is 0 Å². The van der Waals surface area contributed by atoms with Crippen LogP contribution in [0.15, 0.2) is 28.8 Å². The molecule has 0 radical (unpaired) electrons. The van der Waals surface area contributed by atoms with Gasteiger partial charge >= 0.3 is 0 Å². The number of carbonyl (C=O) groups is 1. The fourth-order valence-corrected chi connectivity index (χ4v) is 3.18. The first-order chi connectivity index (χ1) is 12.7. The van der Waals surface area contributed by atoms with E-state index in [9.17, 15) is 4.79 Å². The monoisotopic (exact) mass is 358 g/mol. The second-order valence-electron chi connectivity index (χ2n) is 6.45. The lowest BCUT2D eigenvalue weighted by molar-refractivity contribution is 0.0734. The molecule has 0 saturated carbocycles. The van der Waals surface area contributed by atoms with Crippen LogP contribution in [0.2, 0.25) is 0 Å². The SMILES string of the molecule is CCN(Cc1nc(COC)no1)C(=O)c1ccc(N2CCCCC2)cc1. The molecule has 7 nitrogen and oxygen atoms in total. The molecule has 7 heteroatoms. The minimum atomic E-state index is -0.0378. The third-order valence-electron chi connectivity index (χ3n) is 4.61. The number of hydrogen-bond acceptors (Lipinski definition) is 6.